The van der Waals surface area contributed by atoms with Crippen LogP contribution in [0.1, 0.15) is 17.5 Å². The summed E-state index contributed by atoms with van der Waals surface area (Å²) in [6.45, 7) is 0.807. The average molecular weight is 297 g/mol. The van der Waals surface area contributed by atoms with Gasteiger partial charge in [-0.2, -0.15) is 0 Å². The van der Waals surface area contributed by atoms with Crippen LogP contribution in [0.25, 0.3) is 0 Å². The molecule has 1 N–H and O–H groups in total. The van der Waals surface area contributed by atoms with Gasteiger partial charge in [-0.3, -0.25) is 4.79 Å². The zero-order valence-electron chi connectivity index (χ0n) is 12.3. The standard InChI is InChI=1S/C18H19NO3/c20-17-11-16(22-13-15-9-5-2-6-10-15)18(21)19(17)12-14-7-3-1-4-8-14/h1-10,16,18,21H,11-13H2/t16?,18-/m1/s1. The molecule has 3 rings (SSSR count). The molecule has 22 heavy (non-hydrogen) atoms. The van der Waals surface area contributed by atoms with Crippen molar-refractivity contribution in [3.8, 4) is 0 Å². The molecular weight excluding hydrogens is 278 g/mol. The van der Waals surface area contributed by atoms with Gasteiger partial charge in [0.15, 0.2) is 6.23 Å². The highest BCUT2D eigenvalue weighted by Gasteiger charge is 2.39. The maximum Gasteiger partial charge on any atom is 0.227 e. The number of ether oxygens (including phenoxy) is 1. The van der Waals surface area contributed by atoms with Crippen molar-refractivity contribution in [1.82, 2.24) is 4.90 Å². The Bertz CT molecular complexity index is 615. The molecule has 1 fully saturated rings. The molecule has 1 heterocycles. The normalized spacial score (nSPS) is 21.3. The first kappa shape index (κ1) is 14.8. The second kappa shape index (κ2) is 6.73. The van der Waals surface area contributed by atoms with E-state index in [2.05, 4.69) is 0 Å². The van der Waals surface area contributed by atoms with Crippen LogP contribution in [0, 0.1) is 0 Å². The Hall–Kier alpha value is -2.17. The fourth-order valence-corrected chi connectivity index (χ4v) is 2.63. The molecule has 114 valence electrons. The lowest BCUT2D eigenvalue weighted by Crippen LogP contribution is -2.37. The van der Waals surface area contributed by atoms with Crippen molar-refractivity contribution in [3.63, 3.8) is 0 Å². The van der Waals surface area contributed by atoms with E-state index in [1.54, 1.807) is 0 Å². The van der Waals surface area contributed by atoms with Crippen molar-refractivity contribution >= 4 is 5.91 Å². The fraction of sp³-hybridized carbons (Fsp3) is 0.278. The number of amides is 1. The summed E-state index contributed by atoms with van der Waals surface area (Å²) < 4.78 is 5.73. The first-order chi connectivity index (χ1) is 10.7. The predicted octanol–water partition coefficient (Wildman–Crippen LogP) is 2.32. The van der Waals surface area contributed by atoms with E-state index in [9.17, 15) is 9.90 Å². The summed E-state index contributed by atoms with van der Waals surface area (Å²) >= 11 is 0. The Labute approximate surface area is 130 Å². The minimum Gasteiger partial charge on any atom is -0.371 e. The lowest BCUT2D eigenvalue weighted by molar-refractivity contribution is -0.135. The highest BCUT2D eigenvalue weighted by atomic mass is 16.5. The summed E-state index contributed by atoms with van der Waals surface area (Å²) in [5.41, 5.74) is 2.03. The number of aliphatic hydroxyl groups is 1. The molecule has 1 saturated heterocycles. The molecule has 2 atom stereocenters. The van der Waals surface area contributed by atoms with E-state index < -0.39 is 12.3 Å². The van der Waals surface area contributed by atoms with Gasteiger partial charge < -0.3 is 14.7 Å². The fourth-order valence-electron chi connectivity index (χ4n) is 2.63. The van der Waals surface area contributed by atoms with Gasteiger partial charge in [-0.25, -0.2) is 0 Å². The number of likely N-dealkylation sites (tertiary alicyclic amines) is 1. The van der Waals surface area contributed by atoms with Gasteiger partial charge >= 0.3 is 0 Å². The molecule has 0 saturated carbocycles. The van der Waals surface area contributed by atoms with Gasteiger partial charge in [0, 0.05) is 6.54 Å². The van der Waals surface area contributed by atoms with Gasteiger partial charge in [-0.05, 0) is 11.1 Å². The summed E-state index contributed by atoms with van der Waals surface area (Å²) in [6.07, 6.45) is -1.14. The molecule has 2 aromatic rings. The maximum absolute atomic E-state index is 12.1. The second-order valence-electron chi connectivity index (χ2n) is 5.46. The number of hydrogen-bond donors (Lipinski definition) is 1. The SMILES string of the molecule is O=C1CC(OCc2ccccc2)[C@@H](O)N1Cc1ccccc1. The zero-order chi connectivity index (χ0) is 15.4. The highest BCUT2D eigenvalue weighted by molar-refractivity contribution is 5.79. The molecule has 0 aliphatic carbocycles. The largest absolute Gasteiger partial charge is 0.371 e. The lowest BCUT2D eigenvalue weighted by Gasteiger charge is -2.23. The number of rotatable bonds is 5. The van der Waals surface area contributed by atoms with Crippen LogP contribution in [0.3, 0.4) is 0 Å². The first-order valence-corrected chi connectivity index (χ1v) is 7.41. The molecule has 2 aromatic carbocycles. The van der Waals surface area contributed by atoms with Crippen LogP contribution in [0.4, 0.5) is 0 Å². The molecule has 1 aliphatic heterocycles. The topological polar surface area (TPSA) is 49.8 Å². The molecule has 1 amide bonds. The van der Waals surface area contributed by atoms with Gasteiger partial charge in [0.25, 0.3) is 0 Å². The van der Waals surface area contributed by atoms with Crippen molar-refractivity contribution in [2.75, 3.05) is 0 Å². The van der Waals surface area contributed by atoms with Crippen LogP contribution in [0.15, 0.2) is 60.7 Å². The molecule has 1 aliphatic rings. The number of carbonyl (C=O) groups excluding carboxylic acids is 1. The lowest BCUT2D eigenvalue weighted by atomic mass is 10.2. The third kappa shape index (κ3) is 3.35. The Morgan fingerprint density at radius 3 is 2.23 bits per heavy atom. The average Bonchev–Trinajstić information content (AvgIpc) is 2.82. The van der Waals surface area contributed by atoms with E-state index >= 15 is 0 Å². The molecular formula is C18H19NO3. The molecule has 0 bridgehead atoms. The number of hydrogen-bond acceptors (Lipinski definition) is 3. The third-order valence-corrected chi connectivity index (χ3v) is 3.85. The molecule has 4 nitrogen and oxygen atoms in total. The molecule has 4 heteroatoms. The van der Waals surface area contributed by atoms with Crippen LogP contribution in [0.2, 0.25) is 0 Å². The van der Waals surface area contributed by atoms with Crippen LogP contribution in [-0.4, -0.2) is 28.2 Å². The summed E-state index contributed by atoms with van der Waals surface area (Å²) in [5.74, 6) is -0.0746. The van der Waals surface area contributed by atoms with Crippen LogP contribution in [-0.2, 0) is 22.7 Å². The first-order valence-electron chi connectivity index (χ1n) is 7.41. The Balaban J connectivity index is 1.60. The third-order valence-electron chi connectivity index (χ3n) is 3.85. The van der Waals surface area contributed by atoms with E-state index in [-0.39, 0.29) is 12.3 Å². The van der Waals surface area contributed by atoms with Gasteiger partial charge in [0.1, 0.15) is 6.10 Å². The number of benzene rings is 2. The van der Waals surface area contributed by atoms with Crippen molar-refractivity contribution in [2.24, 2.45) is 0 Å². The molecule has 0 spiro atoms. The van der Waals surface area contributed by atoms with Gasteiger partial charge in [0.2, 0.25) is 5.91 Å². The zero-order valence-corrected chi connectivity index (χ0v) is 12.3. The van der Waals surface area contributed by atoms with Crippen LogP contribution in [0.5, 0.6) is 0 Å². The minimum atomic E-state index is -0.892. The Morgan fingerprint density at radius 1 is 1.00 bits per heavy atom. The second-order valence-corrected chi connectivity index (χ2v) is 5.46. The van der Waals surface area contributed by atoms with Crippen LogP contribution >= 0.6 is 0 Å². The highest BCUT2D eigenvalue weighted by Crippen LogP contribution is 2.23. The smallest absolute Gasteiger partial charge is 0.227 e. The monoisotopic (exact) mass is 297 g/mol. The van der Waals surface area contributed by atoms with Gasteiger partial charge in [-0.1, -0.05) is 60.7 Å². The predicted molar refractivity (Wildman–Crippen MR) is 82.6 cm³/mol. The van der Waals surface area contributed by atoms with Crippen molar-refractivity contribution in [3.05, 3.63) is 71.8 Å². The molecule has 0 aromatic heterocycles. The molecule has 0 radical (unpaired) electrons. The number of carbonyl (C=O) groups is 1. The summed E-state index contributed by atoms with van der Waals surface area (Å²) in [6, 6.07) is 19.4. The maximum atomic E-state index is 12.1. The van der Waals surface area contributed by atoms with Gasteiger partial charge in [-0.15, -0.1) is 0 Å². The summed E-state index contributed by atoms with van der Waals surface area (Å²) in [4.78, 5) is 13.6. The minimum absolute atomic E-state index is 0.0746. The Kier molecular flexibility index (Phi) is 4.51. The number of aliphatic hydroxyl groups excluding tert-OH is 1. The van der Waals surface area contributed by atoms with E-state index in [0.29, 0.717) is 13.2 Å². The van der Waals surface area contributed by atoms with E-state index in [1.165, 1.54) is 4.90 Å². The molecule has 1 unspecified atom stereocenters. The van der Waals surface area contributed by atoms with Crippen molar-refractivity contribution in [2.45, 2.75) is 31.9 Å². The van der Waals surface area contributed by atoms with Crippen molar-refractivity contribution in [1.29, 1.82) is 0 Å². The Morgan fingerprint density at radius 2 is 1.59 bits per heavy atom. The summed E-state index contributed by atoms with van der Waals surface area (Å²) in [7, 11) is 0. The quantitative estimate of drug-likeness (QED) is 0.921. The number of nitrogens with zero attached hydrogens (tertiary/aromatic N) is 1. The van der Waals surface area contributed by atoms with Gasteiger partial charge in [0.05, 0.1) is 13.0 Å². The van der Waals surface area contributed by atoms with E-state index in [4.69, 9.17) is 4.74 Å². The van der Waals surface area contributed by atoms with Crippen LogP contribution < -0.4 is 0 Å². The van der Waals surface area contributed by atoms with E-state index in [1.807, 2.05) is 60.7 Å². The van der Waals surface area contributed by atoms with Crippen molar-refractivity contribution < 1.29 is 14.6 Å². The van der Waals surface area contributed by atoms with E-state index in [0.717, 1.165) is 11.1 Å². The summed E-state index contributed by atoms with van der Waals surface area (Å²) in [5, 5.41) is 10.3.